The lowest BCUT2D eigenvalue weighted by Gasteiger charge is -2.12. The molecule has 1 heterocycles. The fraction of sp³-hybridized carbons (Fsp3) is 0.700. The predicted octanol–water partition coefficient (Wildman–Crippen LogP) is -0.516. The summed E-state index contributed by atoms with van der Waals surface area (Å²) in [6.45, 7) is 3.03. The fourth-order valence-corrected chi connectivity index (χ4v) is 1.37. The quantitative estimate of drug-likeness (QED) is 0.626. The Morgan fingerprint density at radius 1 is 1.71 bits per heavy atom. The summed E-state index contributed by atoms with van der Waals surface area (Å²) in [6, 6.07) is -0.604. The van der Waals surface area contributed by atoms with Crippen LogP contribution >= 0.6 is 0 Å². The SMILES string of the molecule is CCCNC(C(=O)OC)c1cn(CCO)nn1. The second-order valence-corrected chi connectivity index (χ2v) is 3.54. The molecule has 0 aliphatic carbocycles. The van der Waals surface area contributed by atoms with Crippen molar-refractivity contribution in [2.24, 2.45) is 0 Å². The molecule has 7 nitrogen and oxygen atoms in total. The maximum absolute atomic E-state index is 11.6. The summed E-state index contributed by atoms with van der Waals surface area (Å²) in [7, 11) is 1.33. The van der Waals surface area contributed by atoms with Gasteiger partial charge in [-0.25, -0.2) is 9.48 Å². The topological polar surface area (TPSA) is 89.3 Å². The Kier molecular flexibility index (Phi) is 5.58. The number of rotatable bonds is 7. The standard InChI is InChI=1S/C10H18N4O3/c1-3-4-11-9(10(16)17-2)8-7-14(5-6-15)13-12-8/h7,9,11,15H,3-6H2,1-2H3. The molecule has 0 aromatic carbocycles. The second-order valence-electron chi connectivity index (χ2n) is 3.54. The van der Waals surface area contributed by atoms with Gasteiger partial charge in [-0.15, -0.1) is 5.10 Å². The van der Waals surface area contributed by atoms with Crippen LogP contribution in [-0.2, 0) is 16.1 Å². The van der Waals surface area contributed by atoms with Crippen molar-refractivity contribution in [1.29, 1.82) is 0 Å². The lowest BCUT2D eigenvalue weighted by molar-refractivity contribution is -0.143. The maximum Gasteiger partial charge on any atom is 0.329 e. The predicted molar refractivity (Wildman–Crippen MR) is 60.2 cm³/mol. The van der Waals surface area contributed by atoms with Crippen LogP contribution in [0, 0.1) is 0 Å². The molecule has 1 aromatic rings. The summed E-state index contributed by atoms with van der Waals surface area (Å²) >= 11 is 0. The van der Waals surface area contributed by atoms with Crippen molar-refractivity contribution in [2.45, 2.75) is 25.9 Å². The van der Waals surface area contributed by atoms with Gasteiger partial charge in [0.05, 0.1) is 26.5 Å². The van der Waals surface area contributed by atoms with Crippen molar-refractivity contribution in [1.82, 2.24) is 20.3 Å². The number of esters is 1. The number of carbonyl (C=O) groups excluding carboxylic acids is 1. The number of aliphatic hydroxyl groups is 1. The molecule has 0 saturated heterocycles. The van der Waals surface area contributed by atoms with Crippen molar-refractivity contribution < 1.29 is 14.6 Å². The van der Waals surface area contributed by atoms with E-state index in [2.05, 4.69) is 15.6 Å². The minimum atomic E-state index is -0.604. The lowest BCUT2D eigenvalue weighted by Crippen LogP contribution is -2.30. The zero-order valence-corrected chi connectivity index (χ0v) is 10.1. The van der Waals surface area contributed by atoms with Gasteiger partial charge in [-0.2, -0.15) is 0 Å². The van der Waals surface area contributed by atoms with Crippen LogP contribution in [-0.4, -0.2) is 46.3 Å². The molecule has 0 radical (unpaired) electrons. The number of hydrogen-bond acceptors (Lipinski definition) is 6. The van der Waals surface area contributed by atoms with Crippen molar-refractivity contribution in [2.75, 3.05) is 20.3 Å². The Hall–Kier alpha value is -1.47. The van der Waals surface area contributed by atoms with Crippen LogP contribution in [0.15, 0.2) is 6.20 Å². The zero-order chi connectivity index (χ0) is 12.7. The Bertz CT molecular complexity index is 353. The number of carbonyl (C=O) groups is 1. The Morgan fingerprint density at radius 3 is 3.06 bits per heavy atom. The van der Waals surface area contributed by atoms with Gasteiger partial charge >= 0.3 is 5.97 Å². The van der Waals surface area contributed by atoms with Crippen molar-refractivity contribution >= 4 is 5.97 Å². The van der Waals surface area contributed by atoms with E-state index >= 15 is 0 Å². The van der Waals surface area contributed by atoms with Gasteiger partial charge in [0.25, 0.3) is 0 Å². The molecule has 0 spiro atoms. The van der Waals surface area contributed by atoms with Crippen LogP contribution < -0.4 is 5.32 Å². The van der Waals surface area contributed by atoms with E-state index in [1.54, 1.807) is 6.20 Å². The van der Waals surface area contributed by atoms with Crippen LogP contribution in [0.4, 0.5) is 0 Å². The van der Waals surface area contributed by atoms with Crippen LogP contribution in [0.5, 0.6) is 0 Å². The molecular formula is C10H18N4O3. The van der Waals surface area contributed by atoms with Gasteiger partial charge in [0.1, 0.15) is 5.69 Å². The van der Waals surface area contributed by atoms with Crippen LogP contribution in [0.2, 0.25) is 0 Å². The third-order valence-corrected chi connectivity index (χ3v) is 2.22. The van der Waals surface area contributed by atoms with E-state index in [4.69, 9.17) is 9.84 Å². The normalized spacial score (nSPS) is 12.4. The van der Waals surface area contributed by atoms with E-state index in [1.807, 2.05) is 6.92 Å². The third kappa shape index (κ3) is 3.79. The van der Waals surface area contributed by atoms with E-state index in [0.29, 0.717) is 18.8 Å². The van der Waals surface area contributed by atoms with Crippen LogP contribution in [0.25, 0.3) is 0 Å². The van der Waals surface area contributed by atoms with Gasteiger partial charge in [0, 0.05) is 0 Å². The van der Waals surface area contributed by atoms with Gasteiger partial charge in [-0.1, -0.05) is 12.1 Å². The first kappa shape index (κ1) is 13.6. The summed E-state index contributed by atoms with van der Waals surface area (Å²) in [6.07, 6.45) is 2.53. The van der Waals surface area contributed by atoms with E-state index < -0.39 is 12.0 Å². The summed E-state index contributed by atoms with van der Waals surface area (Å²) in [5, 5.41) is 19.5. The lowest BCUT2D eigenvalue weighted by atomic mass is 10.2. The molecule has 2 N–H and O–H groups in total. The van der Waals surface area contributed by atoms with Crippen molar-refractivity contribution in [3.63, 3.8) is 0 Å². The van der Waals surface area contributed by atoms with Crippen molar-refractivity contribution in [3.8, 4) is 0 Å². The minimum Gasteiger partial charge on any atom is -0.468 e. The fourth-order valence-electron chi connectivity index (χ4n) is 1.37. The number of nitrogens with one attached hydrogen (secondary N) is 1. The molecule has 0 amide bonds. The van der Waals surface area contributed by atoms with E-state index in [9.17, 15) is 4.79 Å². The summed E-state index contributed by atoms with van der Waals surface area (Å²) in [5.41, 5.74) is 0.499. The van der Waals surface area contributed by atoms with Gasteiger partial charge in [0.15, 0.2) is 6.04 Å². The third-order valence-electron chi connectivity index (χ3n) is 2.22. The van der Waals surface area contributed by atoms with Gasteiger partial charge in [-0.05, 0) is 13.0 Å². The molecule has 1 aromatic heterocycles. The molecule has 7 heteroatoms. The first-order chi connectivity index (χ1) is 8.22. The van der Waals surface area contributed by atoms with E-state index in [1.165, 1.54) is 11.8 Å². The summed E-state index contributed by atoms with van der Waals surface area (Å²) in [5.74, 6) is -0.394. The molecule has 0 fully saturated rings. The van der Waals surface area contributed by atoms with Crippen LogP contribution in [0.3, 0.4) is 0 Å². The van der Waals surface area contributed by atoms with Crippen molar-refractivity contribution in [3.05, 3.63) is 11.9 Å². The number of hydrogen-bond donors (Lipinski definition) is 2. The molecule has 0 bridgehead atoms. The molecule has 1 unspecified atom stereocenters. The highest BCUT2D eigenvalue weighted by atomic mass is 16.5. The Labute approximate surface area is 99.8 Å². The molecule has 1 rings (SSSR count). The smallest absolute Gasteiger partial charge is 0.329 e. The zero-order valence-electron chi connectivity index (χ0n) is 10.1. The second kappa shape index (κ2) is 6.97. The number of aliphatic hydroxyl groups excluding tert-OH is 1. The van der Waals surface area contributed by atoms with Gasteiger partial charge in [-0.3, -0.25) is 5.32 Å². The van der Waals surface area contributed by atoms with Crippen LogP contribution in [0.1, 0.15) is 25.1 Å². The van der Waals surface area contributed by atoms with Gasteiger partial charge < -0.3 is 9.84 Å². The Morgan fingerprint density at radius 2 is 2.47 bits per heavy atom. The average molecular weight is 242 g/mol. The number of ether oxygens (including phenoxy) is 1. The highest BCUT2D eigenvalue weighted by Crippen LogP contribution is 2.10. The number of nitrogens with zero attached hydrogens (tertiary/aromatic N) is 3. The summed E-state index contributed by atoms with van der Waals surface area (Å²) in [4.78, 5) is 11.6. The molecule has 1 atom stereocenters. The molecular weight excluding hydrogens is 224 g/mol. The molecule has 17 heavy (non-hydrogen) atoms. The summed E-state index contributed by atoms with van der Waals surface area (Å²) < 4.78 is 6.19. The average Bonchev–Trinajstić information content (AvgIpc) is 2.78. The monoisotopic (exact) mass is 242 g/mol. The molecule has 96 valence electrons. The molecule has 0 aliphatic rings. The first-order valence-electron chi connectivity index (χ1n) is 5.55. The Balaban J connectivity index is 2.76. The van der Waals surface area contributed by atoms with Gasteiger partial charge in [0.2, 0.25) is 0 Å². The maximum atomic E-state index is 11.6. The molecule has 0 aliphatic heterocycles. The highest BCUT2D eigenvalue weighted by Gasteiger charge is 2.23. The number of aromatic nitrogens is 3. The first-order valence-corrected chi connectivity index (χ1v) is 5.55. The van der Waals surface area contributed by atoms with E-state index in [-0.39, 0.29) is 6.61 Å². The number of methoxy groups -OCH3 is 1. The highest BCUT2D eigenvalue weighted by molar-refractivity contribution is 5.76. The molecule has 0 saturated carbocycles. The minimum absolute atomic E-state index is 0.0198. The largest absolute Gasteiger partial charge is 0.468 e. The van der Waals surface area contributed by atoms with E-state index in [0.717, 1.165) is 6.42 Å².